The summed E-state index contributed by atoms with van der Waals surface area (Å²) in [5.41, 5.74) is 6.67. The number of rotatable bonds is 4. The summed E-state index contributed by atoms with van der Waals surface area (Å²) in [6.07, 6.45) is 5.15. The molecule has 0 radical (unpaired) electrons. The van der Waals surface area contributed by atoms with Gasteiger partial charge in [-0.1, -0.05) is 0 Å². The Morgan fingerprint density at radius 1 is 1.50 bits per heavy atom. The van der Waals surface area contributed by atoms with Gasteiger partial charge in [0.05, 0.1) is 11.6 Å². The van der Waals surface area contributed by atoms with Crippen molar-refractivity contribution in [1.29, 1.82) is 0 Å². The predicted octanol–water partition coefficient (Wildman–Crippen LogP) is 1.17. The van der Waals surface area contributed by atoms with Gasteiger partial charge in [0.15, 0.2) is 5.65 Å². The average Bonchev–Trinajstić information content (AvgIpc) is 2.82. The average molecular weight is 276 g/mol. The molecule has 0 aliphatic carbocycles. The number of hydrogen-bond acceptors (Lipinski definition) is 6. The molecule has 1 atom stereocenters. The van der Waals surface area contributed by atoms with Crippen molar-refractivity contribution in [3.05, 3.63) is 6.20 Å². The van der Waals surface area contributed by atoms with E-state index in [0.29, 0.717) is 17.7 Å². The molecule has 2 aromatic rings. The third-order valence-electron chi connectivity index (χ3n) is 3.71. The van der Waals surface area contributed by atoms with Crippen LogP contribution in [0.3, 0.4) is 0 Å². The van der Waals surface area contributed by atoms with Crippen LogP contribution in [-0.4, -0.2) is 39.5 Å². The number of anilines is 2. The zero-order valence-corrected chi connectivity index (χ0v) is 11.7. The van der Waals surface area contributed by atoms with Crippen molar-refractivity contribution < 1.29 is 4.74 Å². The molecule has 108 valence electrons. The highest BCUT2D eigenvalue weighted by Gasteiger charge is 2.14. The highest BCUT2D eigenvalue weighted by atomic mass is 16.5. The van der Waals surface area contributed by atoms with Gasteiger partial charge < -0.3 is 15.8 Å². The number of nitrogens with two attached hydrogens (primary N) is 1. The number of hydrogen-bond donors (Lipinski definition) is 2. The Hall–Kier alpha value is -1.89. The fourth-order valence-electron chi connectivity index (χ4n) is 2.55. The van der Waals surface area contributed by atoms with E-state index in [0.717, 1.165) is 43.6 Å². The zero-order chi connectivity index (χ0) is 13.9. The molecule has 0 aromatic carbocycles. The van der Waals surface area contributed by atoms with E-state index in [2.05, 4.69) is 20.4 Å². The number of nitrogen functional groups attached to an aromatic ring is 1. The zero-order valence-electron chi connectivity index (χ0n) is 11.7. The van der Waals surface area contributed by atoms with Crippen molar-refractivity contribution in [2.24, 2.45) is 13.0 Å². The molecule has 0 amide bonds. The number of nitrogens with one attached hydrogen (secondary N) is 1. The van der Waals surface area contributed by atoms with Crippen molar-refractivity contribution >= 4 is 22.8 Å². The Kier molecular flexibility index (Phi) is 3.68. The Morgan fingerprint density at radius 2 is 2.40 bits per heavy atom. The lowest BCUT2D eigenvalue weighted by molar-refractivity contribution is 0.0530. The second-order valence-corrected chi connectivity index (χ2v) is 5.24. The Bertz CT molecular complexity index is 590. The molecule has 20 heavy (non-hydrogen) atoms. The largest absolute Gasteiger partial charge is 0.383 e. The highest BCUT2D eigenvalue weighted by molar-refractivity contribution is 5.86. The SMILES string of the molecule is Cn1ncc2c(N)nc(NCC[C@H]3CCCOC3)nc21. The standard InChI is InChI=1S/C13H20N6O/c1-19-12-10(7-16-19)11(14)17-13(18-12)15-5-4-9-3-2-6-20-8-9/h7,9H,2-6,8H2,1H3,(H3,14,15,17,18)/t9-/m1/s1. The molecule has 3 rings (SSSR count). The molecule has 7 heteroatoms. The maximum absolute atomic E-state index is 5.92. The third kappa shape index (κ3) is 2.67. The van der Waals surface area contributed by atoms with Crippen LogP contribution in [0.25, 0.3) is 11.0 Å². The molecule has 1 aliphatic rings. The van der Waals surface area contributed by atoms with Crippen LogP contribution in [0.15, 0.2) is 6.20 Å². The molecule has 1 fully saturated rings. The van der Waals surface area contributed by atoms with E-state index in [4.69, 9.17) is 10.5 Å². The summed E-state index contributed by atoms with van der Waals surface area (Å²) < 4.78 is 7.18. The summed E-state index contributed by atoms with van der Waals surface area (Å²) in [6, 6.07) is 0. The van der Waals surface area contributed by atoms with Gasteiger partial charge in [-0.2, -0.15) is 15.1 Å². The monoisotopic (exact) mass is 276 g/mol. The van der Waals surface area contributed by atoms with Crippen molar-refractivity contribution in [3.63, 3.8) is 0 Å². The predicted molar refractivity (Wildman–Crippen MR) is 77.4 cm³/mol. The fraction of sp³-hybridized carbons (Fsp3) is 0.615. The maximum Gasteiger partial charge on any atom is 0.226 e. The Labute approximate surface area is 117 Å². The molecule has 2 aromatic heterocycles. The van der Waals surface area contributed by atoms with Gasteiger partial charge in [0.1, 0.15) is 5.82 Å². The topological polar surface area (TPSA) is 90.9 Å². The van der Waals surface area contributed by atoms with E-state index in [9.17, 15) is 0 Å². The molecule has 0 saturated carbocycles. The van der Waals surface area contributed by atoms with Gasteiger partial charge in [-0.3, -0.25) is 4.68 Å². The van der Waals surface area contributed by atoms with Crippen LogP contribution in [0, 0.1) is 5.92 Å². The van der Waals surface area contributed by atoms with Crippen LogP contribution in [0.2, 0.25) is 0 Å². The number of aromatic nitrogens is 4. The van der Waals surface area contributed by atoms with Gasteiger partial charge in [-0.15, -0.1) is 0 Å². The summed E-state index contributed by atoms with van der Waals surface area (Å²) in [5.74, 6) is 1.66. The summed E-state index contributed by atoms with van der Waals surface area (Å²) >= 11 is 0. The quantitative estimate of drug-likeness (QED) is 0.871. The number of ether oxygens (including phenoxy) is 1. The van der Waals surface area contributed by atoms with Gasteiger partial charge >= 0.3 is 0 Å². The molecular formula is C13H20N6O. The van der Waals surface area contributed by atoms with E-state index in [1.807, 2.05) is 7.05 Å². The lowest BCUT2D eigenvalue weighted by atomic mass is 9.99. The van der Waals surface area contributed by atoms with Gasteiger partial charge in [0.2, 0.25) is 5.95 Å². The van der Waals surface area contributed by atoms with Gasteiger partial charge in [-0.05, 0) is 25.2 Å². The molecule has 3 heterocycles. The van der Waals surface area contributed by atoms with E-state index in [1.165, 1.54) is 6.42 Å². The first-order chi connectivity index (χ1) is 9.74. The summed E-state index contributed by atoms with van der Waals surface area (Å²) in [6.45, 7) is 2.60. The lowest BCUT2D eigenvalue weighted by Gasteiger charge is -2.21. The molecule has 7 nitrogen and oxygen atoms in total. The highest BCUT2D eigenvalue weighted by Crippen LogP contribution is 2.19. The van der Waals surface area contributed by atoms with Crippen LogP contribution >= 0.6 is 0 Å². The van der Waals surface area contributed by atoms with Crippen LogP contribution in [0.4, 0.5) is 11.8 Å². The molecule has 3 N–H and O–H groups in total. The first-order valence-corrected chi connectivity index (χ1v) is 7.01. The first kappa shape index (κ1) is 13.1. The minimum atomic E-state index is 0.464. The maximum atomic E-state index is 5.92. The minimum absolute atomic E-state index is 0.464. The summed E-state index contributed by atoms with van der Waals surface area (Å²) in [4.78, 5) is 8.71. The van der Waals surface area contributed by atoms with Crippen molar-refractivity contribution in [2.75, 3.05) is 30.8 Å². The van der Waals surface area contributed by atoms with Crippen LogP contribution in [0.5, 0.6) is 0 Å². The smallest absolute Gasteiger partial charge is 0.226 e. The molecule has 0 bridgehead atoms. The Balaban J connectivity index is 1.63. The van der Waals surface area contributed by atoms with Crippen molar-refractivity contribution in [3.8, 4) is 0 Å². The minimum Gasteiger partial charge on any atom is -0.383 e. The van der Waals surface area contributed by atoms with Crippen LogP contribution in [-0.2, 0) is 11.8 Å². The second kappa shape index (κ2) is 5.62. The van der Waals surface area contributed by atoms with Gasteiger partial charge in [-0.25, -0.2) is 0 Å². The van der Waals surface area contributed by atoms with E-state index < -0.39 is 0 Å². The molecule has 0 spiro atoms. The van der Waals surface area contributed by atoms with E-state index >= 15 is 0 Å². The van der Waals surface area contributed by atoms with Crippen molar-refractivity contribution in [2.45, 2.75) is 19.3 Å². The van der Waals surface area contributed by atoms with E-state index in [1.54, 1.807) is 10.9 Å². The first-order valence-electron chi connectivity index (χ1n) is 7.01. The van der Waals surface area contributed by atoms with Crippen molar-refractivity contribution in [1.82, 2.24) is 19.7 Å². The van der Waals surface area contributed by atoms with Gasteiger partial charge in [0, 0.05) is 26.8 Å². The van der Waals surface area contributed by atoms with E-state index in [-0.39, 0.29) is 0 Å². The fourth-order valence-corrected chi connectivity index (χ4v) is 2.55. The van der Waals surface area contributed by atoms with Crippen LogP contribution in [0.1, 0.15) is 19.3 Å². The Morgan fingerprint density at radius 3 is 3.20 bits per heavy atom. The molecule has 0 unspecified atom stereocenters. The third-order valence-corrected chi connectivity index (χ3v) is 3.71. The molecule has 1 aliphatic heterocycles. The summed E-state index contributed by atoms with van der Waals surface area (Å²) in [7, 11) is 1.85. The van der Waals surface area contributed by atoms with Crippen LogP contribution < -0.4 is 11.1 Å². The number of aryl methyl sites for hydroxylation is 1. The van der Waals surface area contributed by atoms with Gasteiger partial charge in [0.25, 0.3) is 0 Å². The molecule has 1 saturated heterocycles. The normalized spacial score (nSPS) is 19.4. The number of fused-ring (bicyclic) bond motifs is 1. The molecular weight excluding hydrogens is 256 g/mol. The summed E-state index contributed by atoms with van der Waals surface area (Å²) in [5, 5.41) is 8.17. The number of nitrogens with zero attached hydrogens (tertiary/aromatic N) is 4. The second-order valence-electron chi connectivity index (χ2n) is 5.24. The lowest BCUT2D eigenvalue weighted by Crippen LogP contribution is -2.20.